The maximum atomic E-state index is 13.8. The molecule has 240 valence electrons. The Morgan fingerprint density at radius 3 is 2.87 bits per heavy atom. The lowest BCUT2D eigenvalue weighted by Gasteiger charge is -2.44. The number of rotatable bonds is 3. The molecule has 11 heteroatoms. The Morgan fingerprint density at radius 1 is 1.22 bits per heavy atom. The predicted molar refractivity (Wildman–Crippen MR) is 173 cm³/mol. The second-order valence-electron chi connectivity index (χ2n) is 12.9. The van der Waals surface area contributed by atoms with E-state index in [0.717, 1.165) is 55.2 Å². The van der Waals surface area contributed by atoms with Gasteiger partial charge in [-0.25, -0.2) is 13.7 Å². The number of amides is 2. The van der Waals surface area contributed by atoms with Crippen molar-refractivity contribution in [2.75, 3.05) is 37.5 Å². The molecule has 1 spiro atoms. The first-order valence-corrected chi connectivity index (χ1v) is 18.1. The fourth-order valence-corrected chi connectivity index (χ4v) is 9.80. The van der Waals surface area contributed by atoms with Crippen LogP contribution >= 0.6 is 11.6 Å². The number of hydrogen-bond donors (Lipinski definition) is 1. The highest BCUT2D eigenvalue weighted by molar-refractivity contribution is 7.92. The zero-order chi connectivity index (χ0) is 31.3. The summed E-state index contributed by atoms with van der Waals surface area (Å²) in [5.41, 5.74) is 3.57. The molecule has 2 aromatic rings. The summed E-state index contributed by atoms with van der Waals surface area (Å²) in [5.74, 6) is 1.29. The van der Waals surface area contributed by atoms with Crippen LogP contribution in [0.15, 0.2) is 52.9 Å². The van der Waals surface area contributed by atoms with Crippen molar-refractivity contribution < 1.29 is 28.0 Å². The normalized spacial score (nSPS) is 34.2. The van der Waals surface area contributed by atoms with Gasteiger partial charge in [-0.3, -0.25) is 4.79 Å². The lowest BCUT2D eigenvalue weighted by atomic mass is 9.70. The van der Waals surface area contributed by atoms with Crippen LogP contribution in [-0.4, -0.2) is 61.0 Å². The number of anilines is 1. The molecule has 2 aliphatic heterocycles. The predicted octanol–water partition coefficient (Wildman–Crippen LogP) is 6.08. The topological polar surface area (TPSA) is 107 Å². The van der Waals surface area contributed by atoms with Crippen LogP contribution in [0.3, 0.4) is 0 Å². The van der Waals surface area contributed by atoms with Crippen LogP contribution in [0.2, 0.25) is 5.02 Å². The van der Waals surface area contributed by atoms with Crippen LogP contribution in [-0.2, 0) is 31.2 Å². The standard InChI is InChI=1S/C34H40ClN3O6S/c1-3-43-33(40)37-45(41)16-6-4-5-7-29(42-2)25-12-8-23(25)19-38-20-34-26-14-11-24(35)17-21(26)9-13-27(34)31(34)44-30-15-10-22(18-28(30)38)32(39)36-45/h5,7,10-11,14-15,17-18,23,25,27,29,31H,3-4,6,8-9,12-13,16,19-20H2,1-2H3,(H,36,37,39,40,41)/b7-5+/t23-,25+,27?,29-,31?,34+,45?/m0/s1. The van der Waals surface area contributed by atoms with Gasteiger partial charge in [0.1, 0.15) is 21.8 Å². The molecular formula is C34H40ClN3O6S. The van der Waals surface area contributed by atoms with E-state index in [9.17, 15) is 13.8 Å². The fourth-order valence-electron chi connectivity index (χ4n) is 8.11. The van der Waals surface area contributed by atoms with Crippen LogP contribution in [0.25, 0.3) is 0 Å². The highest BCUT2D eigenvalue weighted by Gasteiger charge is 2.70. The maximum Gasteiger partial charge on any atom is 0.419 e. The summed E-state index contributed by atoms with van der Waals surface area (Å²) in [4.78, 5) is 28.3. The van der Waals surface area contributed by atoms with E-state index in [2.05, 4.69) is 32.2 Å². The van der Waals surface area contributed by atoms with E-state index >= 15 is 0 Å². The third kappa shape index (κ3) is 5.52. The molecular weight excluding hydrogens is 614 g/mol. The summed E-state index contributed by atoms with van der Waals surface area (Å²) in [5, 5.41) is 0.751. The molecule has 45 heavy (non-hydrogen) atoms. The summed E-state index contributed by atoms with van der Waals surface area (Å²) < 4.78 is 38.1. The highest BCUT2D eigenvalue weighted by atomic mass is 35.5. The molecule has 2 fully saturated rings. The van der Waals surface area contributed by atoms with E-state index in [4.69, 9.17) is 25.8 Å². The zero-order valence-electron chi connectivity index (χ0n) is 25.7. The van der Waals surface area contributed by atoms with Crippen molar-refractivity contribution in [2.45, 2.75) is 63.1 Å². The fraction of sp³-hybridized carbons (Fsp3) is 0.529. The lowest BCUT2D eigenvalue weighted by molar-refractivity contribution is 0.0134. The number of methoxy groups -OCH3 is 1. The minimum Gasteiger partial charge on any atom is -0.487 e. The molecule has 9 nitrogen and oxygen atoms in total. The molecule has 3 aliphatic carbocycles. The van der Waals surface area contributed by atoms with Gasteiger partial charge in [0.2, 0.25) is 0 Å². The quantitative estimate of drug-likeness (QED) is 0.400. The summed E-state index contributed by atoms with van der Waals surface area (Å²) in [6.07, 6.45) is 8.58. The molecule has 2 amide bonds. The molecule has 2 heterocycles. The molecule has 2 aromatic carbocycles. The van der Waals surface area contributed by atoms with Gasteiger partial charge in [0.15, 0.2) is 0 Å². The smallest absolute Gasteiger partial charge is 0.419 e. The minimum absolute atomic E-state index is 0.0147. The van der Waals surface area contributed by atoms with E-state index in [1.54, 1.807) is 20.1 Å². The number of nitrogens with one attached hydrogen (secondary N) is 1. The Kier molecular flexibility index (Phi) is 8.11. The summed E-state index contributed by atoms with van der Waals surface area (Å²) in [6, 6.07) is 11.6. The number of fused-ring (bicyclic) bond motifs is 4. The van der Waals surface area contributed by atoms with Crippen LogP contribution < -0.4 is 14.4 Å². The number of allylic oxidation sites excluding steroid dienone is 1. The molecule has 0 aromatic heterocycles. The number of halogens is 1. The molecule has 0 radical (unpaired) electrons. The molecule has 1 N–H and O–H groups in total. The van der Waals surface area contributed by atoms with Crippen LogP contribution in [0.1, 0.15) is 60.5 Å². The van der Waals surface area contributed by atoms with Gasteiger partial charge in [0.25, 0.3) is 5.91 Å². The molecule has 3 unspecified atom stereocenters. The van der Waals surface area contributed by atoms with Crippen molar-refractivity contribution in [3.63, 3.8) is 0 Å². The van der Waals surface area contributed by atoms with Gasteiger partial charge < -0.3 is 19.1 Å². The number of carbonyl (C=O) groups is 2. The SMILES string of the molecule is CCOC(=O)NS1(=O)=NC(=O)c2ccc3c(c2)N(C[C@@H]2CC[C@H]2[C@@H](OC)/C=C/CCC1)C[C@@]12c4ccc(Cl)cc4CCC1C2O3. The number of aryl methyl sites for hydroxylation is 1. The van der Waals surface area contributed by atoms with Gasteiger partial charge in [-0.05, 0) is 98.7 Å². The maximum absolute atomic E-state index is 13.8. The number of benzene rings is 2. The van der Waals surface area contributed by atoms with Gasteiger partial charge in [-0.2, -0.15) is 0 Å². The van der Waals surface area contributed by atoms with Crippen molar-refractivity contribution >= 4 is 39.2 Å². The van der Waals surface area contributed by atoms with E-state index in [0.29, 0.717) is 36.2 Å². The third-order valence-electron chi connectivity index (χ3n) is 10.5. The Hall–Kier alpha value is -3.08. The number of ether oxygens (including phenoxy) is 3. The highest BCUT2D eigenvalue weighted by Crippen LogP contribution is 2.64. The van der Waals surface area contributed by atoms with Crippen LogP contribution in [0, 0.1) is 17.8 Å². The van der Waals surface area contributed by atoms with Crippen molar-refractivity contribution in [3.8, 4) is 5.75 Å². The second-order valence-corrected chi connectivity index (χ2v) is 15.4. The van der Waals surface area contributed by atoms with E-state index < -0.39 is 21.9 Å². The van der Waals surface area contributed by atoms with Gasteiger partial charge in [-0.15, -0.1) is 4.36 Å². The first kappa shape index (κ1) is 30.6. The molecule has 2 bridgehead atoms. The van der Waals surface area contributed by atoms with Crippen molar-refractivity contribution in [1.82, 2.24) is 4.72 Å². The largest absolute Gasteiger partial charge is 0.487 e. The Labute approximate surface area is 269 Å². The lowest BCUT2D eigenvalue weighted by Crippen LogP contribution is -2.46. The van der Waals surface area contributed by atoms with Crippen molar-refractivity contribution in [3.05, 3.63) is 70.3 Å². The van der Waals surface area contributed by atoms with Gasteiger partial charge in [-0.1, -0.05) is 29.8 Å². The molecule has 7 atom stereocenters. The summed E-state index contributed by atoms with van der Waals surface area (Å²) in [7, 11) is -1.67. The number of nitrogens with zero attached hydrogens (tertiary/aromatic N) is 2. The van der Waals surface area contributed by atoms with Crippen molar-refractivity contribution in [2.24, 2.45) is 22.1 Å². The molecule has 0 saturated heterocycles. The zero-order valence-corrected chi connectivity index (χ0v) is 27.3. The van der Waals surface area contributed by atoms with Gasteiger partial charge in [0, 0.05) is 36.7 Å². The third-order valence-corrected chi connectivity index (χ3v) is 12.5. The Bertz CT molecular complexity index is 1670. The monoisotopic (exact) mass is 653 g/mol. The van der Waals surface area contributed by atoms with E-state index in [1.165, 1.54) is 11.1 Å². The molecule has 2 saturated carbocycles. The van der Waals surface area contributed by atoms with Crippen molar-refractivity contribution in [1.29, 1.82) is 0 Å². The summed E-state index contributed by atoms with van der Waals surface area (Å²) >= 11 is 6.43. The average molecular weight is 654 g/mol. The minimum atomic E-state index is -3.43. The first-order chi connectivity index (χ1) is 21.7. The first-order valence-electron chi connectivity index (χ1n) is 16.0. The second kappa shape index (κ2) is 11.9. The van der Waals surface area contributed by atoms with Crippen LogP contribution in [0.4, 0.5) is 10.5 Å². The Morgan fingerprint density at radius 2 is 2.09 bits per heavy atom. The van der Waals surface area contributed by atoms with Crippen LogP contribution in [0.5, 0.6) is 5.75 Å². The molecule has 5 aliphatic rings. The number of hydrogen-bond acceptors (Lipinski definition) is 7. The van der Waals surface area contributed by atoms with E-state index in [-0.39, 0.29) is 30.0 Å². The van der Waals surface area contributed by atoms with Gasteiger partial charge in [0.05, 0.1) is 29.6 Å². The summed E-state index contributed by atoms with van der Waals surface area (Å²) in [6.45, 7) is 3.33. The molecule has 7 rings (SSSR count). The van der Waals surface area contributed by atoms with Gasteiger partial charge >= 0.3 is 6.09 Å². The Balaban J connectivity index is 1.31. The average Bonchev–Trinajstić information content (AvgIpc) is 3.65. The number of carbonyl (C=O) groups excluding carboxylic acids is 2. The van der Waals surface area contributed by atoms with E-state index in [1.807, 2.05) is 24.3 Å².